The Morgan fingerprint density at radius 1 is 0.919 bits per heavy atom. The van der Waals surface area contributed by atoms with Crippen molar-refractivity contribution >= 4 is 28.5 Å². The van der Waals surface area contributed by atoms with Crippen molar-refractivity contribution < 1.29 is 14.3 Å². The fourth-order valence-corrected chi connectivity index (χ4v) is 5.24. The summed E-state index contributed by atoms with van der Waals surface area (Å²) in [5.74, 6) is 0.413. The molecule has 0 fully saturated rings. The fraction of sp³-hybridized carbons (Fsp3) is 0.250. The molecule has 37 heavy (non-hydrogen) atoms. The smallest absolute Gasteiger partial charge is 0.262 e. The zero-order valence-electron chi connectivity index (χ0n) is 21.3. The molecule has 0 spiro atoms. The van der Waals surface area contributed by atoms with Gasteiger partial charge in [-0.3, -0.25) is 19.1 Å². The molecule has 3 aromatic heterocycles. The van der Waals surface area contributed by atoms with Crippen molar-refractivity contribution in [3.05, 3.63) is 83.1 Å². The molecule has 0 radical (unpaired) electrons. The molecule has 4 heterocycles. The third kappa shape index (κ3) is 3.27. The molecule has 5 aromatic rings. The van der Waals surface area contributed by atoms with Crippen LogP contribution < -0.4 is 4.74 Å². The van der Waals surface area contributed by atoms with Gasteiger partial charge in [-0.2, -0.15) is 0 Å². The highest BCUT2D eigenvalue weighted by Gasteiger charge is 2.43. The SMILES string of the molecule is COc1cccc(-n2c(C)c(C)c3c2ncn2nc([C@@H](C(C)C)N4C(=O)c5ccccc5C4=O)nc32)c1. The number of amides is 2. The Hall–Kier alpha value is -4.53. The van der Waals surface area contributed by atoms with E-state index in [9.17, 15) is 9.59 Å². The van der Waals surface area contributed by atoms with E-state index in [1.165, 1.54) is 4.90 Å². The van der Waals surface area contributed by atoms with Gasteiger partial charge in [0.1, 0.15) is 18.1 Å². The van der Waals surface area contributed by atoms with Gasteiger partial charge in [0.2, 0.25) is 0 Å². The van der Waals surface area contributed by atoms with E-state index >= 15 is 0 Å². The van der Waals surface area contributed by atoms with Crippen molar-refractivity contribution in [2.45, 2.75) is 33.7 Å². The Balaban J connectivity index is 1.52. The summed E-state index contributed by atoms with van der Waals surface area (Å²) in [7, 11) is 1.64. The van der Waals surface area contributed by atoms with Gasteiger partial charge in [-0.15, -0.1) is 5.10 Å². The third-order valence-corrected chi connectivity index (χ3v) is 7.16. The summed E-state index contributed by atoms with van der Waals surface area (Å²) in [5, 5.41) is 5.58. The molecule has 186 valence electrons. The first kappa shape index (κ1) is 22.9. The van der Waals surface area contributed by atoms with Crippen molar-refractivity contribution in [1.82, 2.24) is 29.0 Å². The van der Waals surface area contributed by atoms with Gasteiger partial charge in [0, 0.05) is 11.8 Å². The molecule has 1 aliphatic heterocycles. The number of nitrogens with zero attached hydrogens (tertiary/aromatic N) is 6. The summed E-state index contributed by atoms with van der Waals surface area (Å²) in [6.07, 6.45) is 1.63. The van der Waals surface area contributed by atoms with Crippen LogP contribution in [0.15, 0.2) is 54.9 Å². The molecule has 1 atom stereocenters. The average molecular weight is 495 g/mol. The zero-order valence-corrected chi connectivity index (χ0v) is 21.3. The third-order valence-electron chi connectivity index (χ3n) is 7.16. The Morgan fingerprint density at radius 3 is 2.27 bits per heavy atom. The van der Waals surface area contributed by atoms with Crippen LogP contribution in [0.2, 0.25) is 0 Å². The molecule has 9 heteroatoms. The van der Waals surface area contributed by atoms with Crippen LogP contribution in [0, 0.1) is 19.8 Å². The molecule has 0 aliphatic carbocycles. The number of ether oxygens (including phenoxy) is 1. The Morgan fingerprint density at radius 2 is 1.62 bits per heavy atom. The number of aryl methyl sites for hydroxylation is 1. The van der Waals surface area contributed by atoms with E-state index in [-0.39, 0.29) is 17.7 Å². The lowest BCUT2D eigenvalue weighted by Crippen LogP contribution is -2.37. The van der Waals surface area contributed by atoms with E-state index in [1.807, 2.05) is 52.0 Å². The van der Waals surface area contributed by atoms with Crippen molar-refractivity contribution in [1.29, 1.82) is 0 Å². The summed E-state index contributed by atoms with van der Waals surface area (Å²) in [6, 6.07) is 14.1. The lowest BCUT2D eigenvalue weighted by molar-refractivity contribution is 0.0529. The van der Waals surface area contributed by atoms with E-state index < -0.39 is 6.04 Å². The molecule has 1 aliphatic rings. The molecule has 0 unspecified atom stereocenters. The van der Waals surface area contributed by atoms with Crippen LogP contribution in [-0.2, 0) is 0 Å². The number of carbonyl (C=O) groups is 2. The minimum absolute atomic E-state index is 0.104. The molecule has 0 N–H and O–H groups in total. The second-order valence-corrected chi connectivity index (χ2v) is 9.64. The number of hydrogen-bond acceptors (Lipinski definition) is 6. The number of methoxy groups -OCH3 is 1. The number of aromatic nitrogens is 5. The van der Waals surface area contributed by atoms with E-state index in [2.05, 4.69) is 4.57 Å². The van der Waals surface area contributed by atoms with Gasteiger partial charge in [0.05, 0.1) is 29.3 Å². The lowest BCUT2D eigenvalue weighted by atomic mass is 10.0. The second-order valence-electron chi connectivity index (χ2n) is 9.64. The summed E-state index contributed by atoms with van der Waals surface area (Å²) < 4.78 is 9.13. The van der Waals surface area contributed by atoms with Crippen LogP contribution >= 0.6 is 0 Å². The van der Waals surface area contributed by atoms with Gasteiger partial charge in [-0.1, -0.05) is 32.0 Å². The average Bonchev–Trinajstić information content (AvgIpc) is 3.51. The van der Waals surface area contributed by atoms with Gasteiger partial charge in [0.15, 0.2) is 17.1 Å². The van der Waals surface area contributed by atoms with Gasteiger partial charge >= 0.3 is 0 Å². The van der Waals surface area contributed by atoms with E-state index in [1.54, 1.807) is 42.2 Å². The number of hydrogen-bond donors (Lipinski definition) is 0. The summed E-state index contributed by atoms with van der Waals surface area (Å²) in [6.45, 7) is 8.00. The van der Waals surface area contributed by atoms with E-state index in [0.717, 1.165) is 33.7 Å². The Bertz CT molecular complexity index is 1700. The molecular weight excluding hydrogens is 468 g/mol. The zero-order chi connectivity index (χ0) is 26.0. The van der Waals surface area contributed by atoms with Gasteiger partial charge < -0.3 is 4.74 Å². The normalized spacial score (nSPS) is 14.3. The summed E-state index contributed by atoms with van der Waals surface area (Å²) in [5.41, 5.74) is 5.17. The summed E-state index contributed by atoms with van der Waals surface area (Å²) in [4.78, 5) is 37.5. The van der Waals surface area contributed by atoms with Gasteiger partial charge in [0.25, 0.3) is 11.8 Å². The van der Waals surface area contributed by atoms with E-state index in [0.29, 0.717) is 22.6 Å². The van der Waals surface area contributed by atoms with Crippen molar-refractivity contribution in [2.24, 2.45) is 5.92 Å². The second kappa shape index (κ2) is 8.26. The van der Waals surface area contributed by atoms with Crippen LogP contribution in [0.5, 0.6) is 5.75 Å². The van der Waals surface area contributed by atoms with Crippen LogP contribution in [-0.4, -0.2) is 48.0 Å². The first-order valence-corrected chi connectivity index (χ1v) is 12.2. The molecule has 0 saturated heterocycles. The number of rotatable bonds is 5. The number of fused-ring (bicyclic) bond motifs is 4. The Labute approximate surface area is 213 Å². The molecule has 0 saturated carbocycles. The van der Waals surface area contributed by atoms with Crippen molar-refractivity contribution in [3.8, 4) is 11.4 Å². The molecule has 0 bridgehead atoms. The maximum Gasteiger partial charge on any atom is 0.262 e. The van der Waals surface area contributed by atoms with Gasteiger partial charge in [-0.05, 0) is 49.6 Å². The maximum absolute atomic E-state index is 13.3. The number of imide groups is 1. The van der Waals surface area contributed by atoms with E-state index in [4.69, 9.17) is 19.8 Å². The minimum atomic E-state index is -0.621. The topological polar surface area (TPSA) is 94.6 Å². The number of carbonyl (C=O) groups excluding carboxylic acids is 2. The van der Waals surface area contributed by atoms with Crippen LogP contribution in [0.1, 0.15) is 57.7 Å². The highest BCUT2D eigenvalue weighted by molar-refractivity contribution is 6.21. The monoisotopic (exact) mass is 494 g/mol. The molecule has 2 aromatic carbocycles. The Kier molecular flexibility index (Phi) is 5.11. The molecule has 6 rings (SSSR count). The predicted molar refractivity (Wildman–Crippen MR) is 138 cm³/mol. The highest BCUT2D eigenvalue weighted by atomic mass is 16.5. The highest BCUT2D eigenvalue weighted by Crippen LogP contribution is 2.36. The molecule has 9 nitrogen and oxygen atoms in total. The standard InChI is InChI=1S/C28H26N6O3/c1-15(2)23(34-27(35)20-11-6-7-12-21(20)28(34)36)24-30-26-22-16(3)17(4)33(25(22)29-14-32(26)31-24)18-9-8-10-19(13-18)37-5/h6-15,23H,1-5H3/t23-/m1/s1. The molecule has 2 amide bonds. The maximum atomic E-state index is 13.3. The van der Waals surface area contributed by atoms with Gasteiger partial charge in [-0.25, -0.2) is 14.5 Å². The quantitative estimate of drug-likeness (QED) is 0.329. The molecular formula is C28H26N6O3. The summed E-state index contributed by atoms with van der Waals surface area (Å²) >= 11 is 0. The minimum Gasteiger partial charge on any atom is -0.497 e. The first-order valence-electron chi connectivity index (χ1n) is 12.2. The van der Waals surface area contributed by atoms with Crippen molar-refractivity contribution in [3.63, 3.8) is 0 Å². The van der Waals surface area contributed by atoms with Crippen LogP contribution in [0.4, 0.5) is 0 Å². The van der Waals surface area contributed by atoms with Crippen LogP contribution in [0.3, 0.4) is 0 Å². The predicted octanol–water partition coefficient (Wildman–Crippen LogP) is 4.69. The first-order chi connectivity index (χ1) is 17.8. The largest absolute Gasteiger partial charge is 0.497 e. The van der Waals surface area contributed by atoms with Crippen LogP contribution in [0.25, 0.3) is 22.4 Å². The van der Waals surface area contributed by atoms with Crippen molar-refractivity contribution in [2.75, 3.05) is 7.11 Å². The number of benzene rings is 2. The fourth-order valence-electron chi connectivity index (χ4n) is 5.24. The lowest BCUT2D eigenvalue weighted by Gasteiger charge is -2.26.